The molecule has 1 atom stereocenters. The first-order valence-corrected chi connectivity index (χ1v) is 11.0. The average Bonchev–Trinajstić information content (AvgIpc) is 3.34. The molecule has 0 radical (unpaired) electrons. The van der Waals surface area contributed by atoms with Crippen molar-refractivity contribution < 1.29 is 8.42 Å². The second kappa shape index (κ2) is 7.37. The van der Waals surface area contributed by atoms with Crippen LogP contribution < -0.4 is 5.32 Å². The van der Waals surface area contributed by atoms with Crippen molar-refractivity contribution in [3.8, 4) is 0 Å². The molecule has 142 valence electrons. The summed E-state index contributed by atoms with van der Waals surface area (Å²) in [7, 11) is -1.82. The number of imidazole rings is 1. The molecule has 1 aliphatic heterocycles. The molecule has 4 heterocycles. The molecule has 10 heteroatoms. The predicted octanol–water partition coefficient (Wildman–Crippen LogP) is 2.58. The molecule has 0 saturated carbocycles. The largest absolute Gasteiger partial charge is 0.339 e. The van der Waals surface area contributed by atoms with Crippen LogP contribution in [-0.2, 0) is 17.1 Å². The van der Waals surface area contributed by atoms with Gasteiger partial charge in [-0.25, -0.2) is 23.4 Å². The highest BCUT2D eigenvalue weighted by atomic mass is 32.2. The Balaban J connectivity index is 1.53. The molecule has 4 rings (SSSR count). The van der Waals surface area contributed by atoms with E-state index in [0.717, 1.165) is 23.7 Å². The maximum atomic E-state index is 12.9. The zero-order chi connectivity index (χ0) is 18.9. The van der Waals surface area contributed by atoms with E-state index in [9.17, 15) is 8.42 Å². The second-order valence-electron chi connectivity index (χ2n) is 6.49. The van der Waals surface area contributed by atoms with Gasteiger partial charge in [-0.1, -0.05) is 6.07 Å². The molecule has 1 fully saturated rings. The normalized spacial score (nSPS) is 18.5. The van der Waals surface area contributed by atoms with Crippen molar-refractivity contribution in [1.29, 1.82) is 0 Å². The topological polar surface area (TPSA) is 93.0 Å². The number of pyridine rings is 1. The summed E-state index contributed by atoms with van der Waals surface area (Å²) in [5, 5.41) is 5.96. The molecular weight excluding hydrogens is 384 g/mol. The van der Waals surface area contributed by atoms with Crippen LogP contribution in [0.2, 0.25) is 0 Å². The minimum Gasteiger partial charge on any atom is -0.339 e. The number of sulfonamides is 1. The lowest BCUT2D eigenvalue weighted by Gasteiger charge is -2.31. The Kier molecular flexibility index (Phi) is 4.94. The van der Waals surface area contributed by atoms with Crippen LogP contribution in [-0.4, -0.2) is 45.3 Å². The zero-order valence-electron chi connectivity index (χ0n) is 14.8. The van der Waals surface area contributed by atoms with E-state index in [4.69, 9.17) is 0 Å². The lowest BCUT2D eigenvalue weighted by Crippen LogP contribution is -2.39. The van der Waals surface area contributed by atoms with E-state index < -0.39 is 10.0 Å². The SMILES string of the molecule is Cn1cnc(S(=O)(=O)N2CCCC(c3cccc(Nc4nccs4)n3)C2)c1. The summed E-state index contributed by atoms with van der Waals surface area (Å²) in [6, 6.07) is 5.77. The van der Waals surface area contributed by atoms with E-state index in [-0.39, 0.29) is 10.9 Å². The van der Waals surface area contributed by atoms with Crippen molar-refractivity contribution in [2.75, 3.05) is 18.4 Å². The van der Waals surface area contributed by atoms with E-state index in [2.05, 4.69) is 20.3 Å². The van der Waals surface area contributed by atoms with E-state index in [0.29, 0.717) is 18.9 Å². The van der Waals surface area contributed by atoms with Gasteiger partial charge in [0.2, 0.25) is 0 Å². The fraction of sp³-hybridized carbons (Fsp3) is 0.353. The van der Waals surface area contributed by atoms with Gasteiger partial charge in [0.15, 0.2) is 10.2 Å². The van der Waals surface area contributed by atoms with Gasteiger partial charge in [-0.15, -0.1) is 11.3 Å². The Hall–Kier alpha value is -2.30. The van der Waals surface area contributed by atoms with Gasteiger partial charge in [0.25, 0.3) is 10.0 Å². The van der Waals surface area contributed by atoms with Gasteiger partial charge in [0.05, 0.1) is 6.33 Å². The monoisotopic (exact) mass is 404 g/mol. The second-order valence-corrected chi connectivity index (χ2v) is 9.27. The third-order valence-corrected chi connectivity index (χ3v) is 6.97. The molecule has 0 spiro atoms. The summed E-state index contributed by atoms with van der Waals surface area (Å²) in [4.78, 5) is 12.9. The number of thiazole rings is 1. The molecule has 27 heavy (non-hydrogen) atoms. The van der Waals surface area contributed by atoms with Crippen molar-refractivity contribution in [1.82, 2.24) is 23.8 Å². The molecule has 1 aliphatic rings. The minimum atomic E-state index is -3.58. The Bertz CT molecular complexity index is 1020. The van der Waals surface area contributed by atoms with Crippen LogP contribution in [0.25, 0.3) is 0 Å². The number of anilines is 2. The maximum absolute atomic E-state index is 12.9. The Labute approximate surface area is 162 Å². The Morgan fingerprint density at radius 3 is 2.93 bits per heavy atom. The quantitative estimate of drug-likeness (QED) is 0.703. The number of nitrogens with one attached hydrogen (secondary N) is 1. The molecule has 0 aromatic carbocycles. The van der Waals surface area contributed by atoms with Gasteiger partial charge in [-0.3, -0.25) is 0 Å². The number of piperidine rings is 1. The van der Waals surface area contributed by atoms with Crippen molar-refractivity contribution in [2.45, 2.75) is 23.8 Å². The number of aromatic nitrogens is 4. The summed E-state index contributed by atoms with van der Waals surface area (Å²) >= 11 is 1.50. The van der Waals surface area contributed by atoms with E-state index in [1.807, 2.05) is 23.6 Å². The van der Waals surface area contributed by atoms with Crippen molar-refractivity contribution in [3.63, 3.8) is 0 Å². The van der Waals surface area contributed by atoms with E-state index in [1.54, 1.807) is 17.8 Å². The fourth-order valence-electron chi connectivity index (χ4n) is 3.20. The first-order chi connectivity index (χ1) is 13.0. The predicted molar refractivity (Wildman–Crippen MR) is 104 cm³/mol. The number of nitrogens with zero attached hydrogens (tertiary/aromatic N) is 5. The Morgan fingerprint density at radius 1 is 1.30 bits per heavy atom. The first-order valence-electron chi connectivity index (χ1n) is 8.64. The van der Waals surface area contributed by atoms with Gasteiger partial charge >= 0.3 is 0 Å². The summed E-state index contributed by atoms with van der Waals surface area (Å²) in [5.41, 5.74) is 0.887. The molecule has 1 unspecified atom stereocenters. The van der Waals surface area contributed by atoms with E-state index in [1.165, 1.54) is 28.2 Å². The number of rotatable bonds is 5. The molecular formula is C17H20N6O2S2. The minimum absolute atomic E-state index is 0.0512. The molecule has 0 amide bonds. The number of hydrogen-bond donors (Lipinski definition) is 1. The lowest BCUT2D eigenvalue weighted by molar-refractivity contribution is 0.312. The van der Waals surface area contributed by atoms with Gasteiger partial charge in [-0.05, 0) is 25.0 Å². The van der Waals surface area contributed by atoms with Crippen LogP contribution in [0.4, 0.5) is 10.9 Å². The van der Waals surface area contributed by atoms with Crippen molar-refractivity contribution in [2.24, 2.45) is 7.05 Å². The smallest absolute Gasteiger partial charge is 0.262 e. The maximum Gasteiger partial charge on any atom is 0.262 e. The zero-order valence-corrected chi connectivity index (χ0v) is 16.4. The first kappa shape index (κ1) is 18.1. The summed E-state index contributed by atoms with van der Waals surface area (Å²) in [6.45, 7) is 0.916. The van der Waals surface area contributed by atoms with Gasteiger partial charge in [-0.2, -0.15) is 4.31 Å². The molecule has 0 bridgehead atoms. The Morgan fingerprint density at radius 2 is 2.19 bits per heavy atom. The molecule has 0 aliphatic carbocycles. The van der Waals surface area contributed by atoms with E-state index >= 15 is 0 Å². The van der Waals surface area contributed by atoms with Crippen LogP contribution in [0.5, 0.6) is 0 Å². The van der Waals surface area contributed by atoms with Gasteiger partial charge in [0.1, 0.15) is 5.82 Å². The van der Waals surface area contributed by atoms with Gasteiger partial charge in [0, 0.05) is 49.5 Å². The van der Waals surface area contributed by atoms with Crippen LogP contribution in [0.15, 0.2) is 47.3 Å². The third-order valence-electron chi connectivity index (χ3n) is 4.53. The van der Waals surface area contributed by atoms with Crippen molar-refractivity contribution >= 4 is 32.3 Å². The standard InChI is InChI=1S/C17H20N6O2S2/c1-22-11-16(19-12-22)27(24,25)23-8-3-4-13(10-23)14-5-2-6-15(20-14)21-17-18-7-9-26-17/h2,5-7,9,11-13H,3-4,8,10H2,1H3,(H,18,20,21). The van der Waals surface area contributed by atoms with Crippen molar-refractivity contribution in [3.05, 3.63) is 48.0 Å². The molecule has 1 N–H and O–H groups in total. The van der Waals surface area contributed by atoms with Crippen LogP contribution >= 0.6 is 11.3 Å². The highest BCUT2D eigenvalue weighted by Gasteiger charge is 2.32. The summed E-state index contributed by atoms with van der Waals surface area (Å²) in [5.74, 6) is 0.766. The number of hydrogen-bond acceptors (Lipinski definition) is 7. The third kappa shape index (κ3) is 3.87. The molecule has 3 aromatic rings. The highest BCUT2D eigenvalue weighted by Crippen LogP contribution is 2.30. The van der Waals surface area contributed by atoms with Crippen LogP contribution in [0, 0.1) is 0 Å². The molecule has 3 aromatic heterocycles. The fourth-order valence-corrected chi connectivity index (χ4v) is 5.23. The molecule has 1 saturated heterocycles. The average molecular weight is 405 g/mol. The number of aryl methyl sites for hydroxylation is 1. The summed E-state index contributed by atoms with van der Waals surface area (Å²) < 4.78 is 28.9. The highest BCUT2D eigenvalue weighted by molar-refractivity contribution is 7.89. The summed E-state index contributed by atoms with van der Waals surface area (Å²) in [6.07, 6.45) is 6.47. The molecule has 8 nitrogen and oxygen atoms in total. The van der Waals surface area contributed by atoms with Gasteiger partial charge < -0.3 is 9.88 Å². The van der Waals surface area contributed by atoms with Crippen LogP contribution in [0.3, 0.4) is 0 Å². The lowest BCUT2D eigenvalue weighted by atomic mass is 9.96. The van der Waals surface area contributed by atoms with Crippen LogP contribution in [0.1, 0.15) is 24.5 Å².